The summed E-state index contributed by atoms with van der Waals surface area (Å²) in [5.41, 5.74) is 2.22. The van der Waals surface area contributed by atoms with E-state index in [-0.39, 0.29) is 18.2 Å². The number of hydrogen-bond donors (Lipinski definition) is 3. The number of imide groups is 1. The van der Waals surface area contributed by atoms with Gasteiger partial charge in [-0.15, -0.1) is 0 Å². The van der Waals surface area contributed by atoms with Crippen molar-refractivity contribution in [2.45, 2.75) is 31.2 Å². The molecule has 3 N–H and O–H groups in total. The summed E-state index contributed by atoms with van der Waals surface area (Å²) < 4.78 is 0. The Bertz CT molecular complexity index is 524. The van der Waals surface area contributed by atoms with Crippen LogP contribution in [-0.4, -0.2) is 30.9 Å². The van der Waals surface area contributed by atoms with Crippen LogP contribution in [-0.2, 0) is 9.59 Å². The van der Waals surface area contributed by atoms with Gasteiger partial charge in [0.15, 0.2) is 0 Å². The van der Waals surface area contributed by atoms with Crippen LogP contribution in [0.5, 0.6) is 0 Å². The third-order valence-corrected chi connectivity index (χ3v) is 4.01. The largest absolute Gasteiger partial charge is 0.373 e. The quantitative estimate of drug-likeness (QED) is 0.718. The highest BCUT2D eigenvalue weighted by Crippen LogP contribution is 2.27. The van der Waals surface area contributed by atoms with Gasteiger partial charge in [-0.05, 0) is 49.5 Å². The van der Waals surface area contributed by atoms with Gasteiger partial charge in [-0.2, -0.15) is 0 Å². The molecule has 2 fully saturated rings. The van der Waals surface area contributed by atoms with Gasteiger partial charge in [0, 0.05) is 5.69 Å². The van der Waals surface area contributed by atoms with Crippen LogP contribution in [0.15, 0.2) is 24.3 Å². The lowest BCUT2D eigenvalue weighted by Crippen LogP contribution is -2.30. The maximum atomic E-state index is 11.6. The molecule has 0 aromatic heterocycles. The van der Waals surface area contributed by atoms with Gasteiger partial charge in [-0.1, -0.05) is 12.1 Å². The van der Waals surface area contributed by atoms with Gasteiger partial charge >= 0.3 is 0 Å². The Morgan fingerprint density at radius 2 is 1.95 bits per heavy atom. The Morgan fingerprint density at radius 1 is 1.15 bits per heavy atom. The fourth-order valence-corrected chi connectivity index (χ4v) is 2.91. The summed E-state index contributed by atoms with van der Waals surface area (Å²) >= 11 is 0. The lowest BCUT2D eigenvalue weighted by Gasteiger charge is -2.23. The van der Waals surface area contributed by atoms with Crippen molar-refractivity contribution in [2.75, 3.05) is 18.4 Å². The van der Waals surface area contributed by atoms with E-state index in [4.69, 9.17) is 0 Å². The van der Waals surface area contributed by atoms with Crippen LogP contribution < -0.4 is 16.0 Å². The highest BCUT2D eigenvalue weighted by molar-refractivity contribution is 6.06. The molecule has 1 atom stereocenters. The predicted molar refractivity (Wildman–Crippen MR) is 76.5 cm³/mol. The zero-order valence-electron chi connectivity index (χ0n) is 11.3. The average Bonchev–Trinajstić information content (AvgIpc) is 2.78. The van der Waals surface area contributed by atoms with Gasteiger partial charge in [-0.25, -0.2) is 0 Å². The molecular weight excluding hydrogens is 254 g/mol. The molecule has 0 radical (unpaired) electrons. The molecule has 5 heteroatoms. The van der Waals surface area contributed by atoms with Crippen LogP contribution in [0.2, 0.25) is 0 Å². The minimum absolute atomic E-state index is 0.206. The number of nitrogens with one attached hydrogen (secondary N) is 3. The van der Waals surface area contributed by atoms with Gasteiger partial charge < -0.3 is 10.6 Å². The lowest BCUT2D eigenvalue weighted by atomic mass is 9.90. The number of carbonyl (C=O) groups is 2. The first-order valence-corrected chi connectivity index (χ1v) is 7.13. The first-order valence-electron chi connectivity index (χ1n) is 7.13. The summed E-state index contributed by atoms with van der Waals surface area (Å²) in [5, 5.41) is 8.83. The summed E-state index contributed by atoms with van der Waals surface area (Å²) in [4.78, 5) is 22.8. The summed E-state index contributed by atoms with van der Waals surface area (Å²) in [6.45, 7) is 2.11. The van der Waals surface area contributed by atoms with Crippen molar-refractivity contribution in [1.29, 1.82) is 0 Å². The molecule has 1 unspecified atom stereocenters. The Labute approximate surface area is 118 Å². The maximum Gasteiger partial charge on any atom is 0.249 e. The van der Waals surface area contributed by atoms with Crippen LogP contribution in [0.4, 0.5) is 5.69 Å². The first-order chi connectivity index (χ1) is 9.72. The molecule has 2 heterocycles. The Hall–Kier alpha value is -1.88. The van der Waals surface area contributed by atoms with E-state index < -0.39 is 6.04 Å². The van der Waals surface area contributed by atoms with Crippen molar-refractivity contribution < 1.29 is 9.59 Å². The third kappa shape index (κ3) is 2.82. The van der Waals surface area contributed by atoms with Crippen LogP contribution in [0, 0.1) is 0 Å². The molecule has 1 aromatic carbocycles. The van der Waals surface area contributed by atoms with E-state index in [0.29, 0.717) is 5.92 Å². The van der Waals surface area contributed by atoms with Gasteiger partial charge in [0.05, 0.1) is 6.42 Å². The second kappa shape index (κ2) is 5.63. The number of rotatable bonds is 3. The fraction of sp³-hybridized carbons (Fsp3) is 0.467. The Kier molecular flexibility index (Phi) is 3.69. The minimum Gasteiger partial charge on any atom is -0.373 e. The van der Waals surface area contributed by atoms with Crippen LogP contribution in [0.25, 0.3) is 0 Å². The van der Waals surface area contributed by atoms with E-state index in [1.165, 1.54) is 5.56 Å². The number of benzene rings is 1. The number of piperidine rings is 1. The van der Waals surface area contributed by atoms with Crippen LogP contribution in [0.1, 0.15) is 30.7 Å². The molecule has 2 amide bonds. The molecule has 5 nitrogen and oxygen atoms in total. The van der Waals surface area contributed by atoms with Gasteiger partial charge in [0.1, 0.15) is 6.04 Å². The molecule has 0 bridgehead atoms. The van der Waals surface area contributed by atoms with Crippen LogP contribution in [0.3, 0.4) is 0 Å². The van der Waals surface area contributed by atoms with E-state index >= 15 is 0 Å². The van der Waals surface area contributed by atoms with Crippen molar-refractivity contribution in [3.05, 3.63) is 29.8 Å². The van der Waals surface area contributed by atoms with Gasteiger partial charge in [-0.3, -0.25) is 14.9 Å². The molecule has 0 spiro atoms. The Morgan fingerprint density at radius 3 is 2.65 bits per heavy atom. The topological polar surface area (TPSA) is 70.2 Å². The lowest BCUT2D eigenvalue weighted by molar-refractivity contribution is -0.124. The van der Waals surface area contributed by atoms with E-state index in [1.807, 2.05) is 12.1 Å². The third-order valence-electron chi connectivity index (χ3n) is 4.01. The monoisotopic (exact) mass is 273 g/mol. The van der Waals surface area contributed by atoms with E-state index in [2.05, 4.69) is 28.1 Å². The zero-order chi connectivity index (χ0) is 13.9. The molecule has 2 saturated heterocycles. The van der Waals surface area contributed by atoms with E-state index in [9.17, 15) is 9.59 Å². The SMILES string of the molecule is O=C1CC(Nc2cccc(C3CCNCC3)c2)C(=O)N1. The fourth-order valence-electron chi connectivity index (χ4n) is 2.91. The van der Waals surface area contributed by atoms with Crippen molar-refractivity contribution in [2.24, 2.45) is 0 Å². The molecule has 2 aliphatic heterocycles. The normalized spacial score (nSPS) is 23.7. The smallest absolute Gasteiger partial charge is 0.249 e. The van der Waals surface area contributed by atoms with Gasteiger partial charge in [0.2, 0.25) is 11.8 Å². The van der Waals surface area contributed by atoms with E-state index in [1.54, 1.807) is 0 Å². The number of amides is 2. The first kappa shape index (κ1) is 13.1. The maximum absolute atomic E-state index is 11.6. The van der Waals surface area contributed by atoms with E-state index in [0.717, 1.165) is 31.6 Å². The summed E-state index contributed by atoms with van der Waals surface area (Å²) in [5.74, 6) is 0.140. The molecule has 0 saturated carbocycles. The number of hydrogen-bond acceptors (Lipinski definition) is 4. The summed E-state index contributed by atoms with van der Waals surface area (Å²) in [6, 6.07) is 7.76. The van der Waals surface area contributed by atoms with Crippen molar-refractivity contribution in [3.8, 4) is 0 Å². The molecule has 1 aromatic rings. The summed E-state index contributed by atoms with van der Waals surface area (Å²) in [7, 11) is 0. The van der Waals surface area contributed by atoms with Crippen molar-refractivity contribution in [1.82, 2.24) is 10.6 Å². The minimum atomic E-state index is -0.439. The highest BCUT2D eigenvalue weighted by Gasteiger charge is 2.30. The Balaban J connectivity index is 1.71. The van der Waals surface area contributed by atoms with Crippen LogP contribution >= 0.6 is 0 Å². The molecule has 2 aliphatic rings. The molecule has 106 valence electrons. The molecule has 20 heavy (non-hydrogen) atoms. The standard InChI is InChI=1S/C15H19N3O2/c19-14-9-13(15(20)18-14)17-12-3-1-2-11(8-12)10-4-6-16-7-5-10/h1-3,8,10,13,16-17H,4-7,9H2,(H,18,19,20). The second-order valence-corrected chi connectivity index (χ2v) is 5.46. The van der Waals surface area contributed by atoms with Crippen molar-refractivity contribution in [3.63, 3.8) is 0 Å². The molecule has 0 aliphatic carbocycles. The second-order valence-electron chi connectivity index (χ2n) is 5.46. The highest BCUT2D eigenvalue weighted by atomic mass is 16.2. The van der Waals surface area contributed by atoms with Crippen molar-refractivity contribution >= 4 is 17.5 Å². The number of carbonyl (C=O) groups excluding carboxylic acids is 2. The molecule has 3 rings (SSSR count). The average molecular weight is 273 g/mol. The number of anilines is 1. The molecular formula is C15H19N3O2. The van der Waals surface area contributed by atoms with Gasteiger partial charge in [0.25, 0.3) is 0 Å². The predicted octanol–water partition coefficient (Wildman–Crippen LogP) is 0.981. The summed E-state index contributed by atoms with van der Waals surface area (Å²) in [6.07, 6.45) is 2.51. The zero-order valence-corrected chi connectivity index (χ0v) is 11.3.